The lowest BCUT2D eigenvalue weighted by molar-refractivity contribution is -0.134. The number of hydrogen-bond donors (Lipinski definition) is 0. The minimum Gasteiger partial charge on any atom is -0.415 e. The van der Waals surface area contributed by atoms with Crippen LogP contribution >= 0.6 is 0 Å². The lowest BCUT2D eigenvalue weighted by Crippen LogP contribution is -2.63. The van der Waals surface area contributed by atoms with E-state index in [2.05, 4.69) is 31.9 Å². The topological polar surface area (TPSA) is 78.6 Å². The first-order valence-electron chi connectivity index (χ1n) is 13.1. The van der Waals surface area contributed by atoms with Crippen molar-refractivity contribution in [2.45, 2.75) is 50.9 Å². The molecule has 4 heterocycles. The molecule has 8 nitrogen and oxygen atoms in total. The number of nitrogens with zero attached hydrogens (tertiary/aromatic N) is 6. The lowest BCUT2D eigenvalue weighted by Gasteiger charge is -2.48. The van der Waals surface area contributed by atoms with Crippen molar-refractivity contribution in [3.63, 3.8) is 0 Å². The molecule has 1 amide bonds. The summed E-state index contributed by atoms with van der Waals surface area (Å²) in [5.74, 6) is -2.21. The maximum absolute atomic E-state index is 16.2. The molecule has 3 aromatic rings. The summed E-state index contributed by atoms with van der Waals surface area (Å²) in [4.78, 5) is 23.8. The number of hydrogen-bond acceptors (Lipinski definition) is 7. The van der Waals surface area contributed by atoms with Gasteiger partial charge in [0.2, 0.25) is 5.89 Å². The zero-order valence-electron chi connectivity index (χ0n) is 21.6. The zero-order chi connectivity index (χ0) is 27.6. The van der Waals surface area contributed by atoms with E-state index in [0.29, 0.717) is 30.4 Å². The second-order valence-corrected chi connectivity index (χ2v) is 10.1. The molecule has 2 aliphatic rings. The van der Waals surface area contributed by atoms with Crippen LogP contribution in [0.2, 0.25) is 0 Å². The molecule has 0 spiro atoms. The fourth-order valence-corrected chi connectivity index (χ4v) is 5.14. The minimum atomic E-state index is -2.89. The Morgan fingerprint density at radius 1 is 1.18 bits per heavy atom. The van der Waals surface area contributed by atoms with Gasteiger partial charge in [-0.15, -0.1) is 10.2 Å². The molecule has 2 aromatic heterocycles. The number of likely N-dealkylation sites (tertiary alicyclic amines) is 2. The summed E-state index contributed by atoms with van der Waals surface area (Å²) in [6.07, 6.45) is -0.348. The van der Waals surface area contributed by atoms with E-state index in [9.17, 15) is 18.0 Å². The van der Waals surface area contributed by atoms with Crippen molar-refractivity contribution in [1.82, 2.24) is 25.0 Å². The predicted molar refractivity (Wildman–Crippen MR) is 135 cm³/mol. The van der Waals surface area contributed by atoms with Crippen LogP contribution in [0.4, 0.5) is 23.2 Å². The highest BCUT2D eigenvalue weighted by Gasteiger charge is 2.46. The van der Waals surface area contributed by atoms with Crippen LogP contribution in [0.1, 0.15) is 44.2 Å². The fraction of sp³-hybridized carbons (Fsp3) is 0.481. The lowest BCUT2D eigenvalue weighted by atomic mass is 9.89. The van der Waals surface area contributed by atoms with Gasteiger partial charge < -0.3 is 14.2 Å². The van der Waals surface area contributed by atoms with Gasteiger partial charge in [0.15, 0.2) is 5.67 Å². The van der Waals surface area contributed by atoms with Crippen LogP contribution in [0.15, 0.2) is 47.0 Å². The first-order chi connectivity index (χ1) is 18.8. The quantitative estimate of drug-likeness (QED) is 0.362. The average Bonchev–Trinajstić information content (AvgIpc) is 3.41. The van der Waals surface area contributed by atoms with Gasteiger partial charge in [-0.25, -0.2) is 8.78 Å². The summed E-state index contributed by atoms with van der Waals surface area (Å²) in [6.45, 7) is 5.96. The normalized spacial score (nSPS) is 18.3. The Bertz CT molecular complexity index is 1270. The molecule has 1 aromatic carbocycles. The Morgan fingerprint density at radius 3 is 2.56 bits per heavy atom. The first-order valence-corrected chi connectivity index (χ1v) is 13.1. The summed E-state index contributed by atoms with van der Waals surface area (Å²) < 4.78 is 60.8. The van der Waals surface area contributed by atoms with Crippen LogP contribution in [-0.2, 0) is 11.3 Å². The number of carbonyl (C=O) groups excluding carboxylic acids is 1. The van der Waals surface area contributed by atoms with Crippen LogP contribution < -0.4 is 4.90 Å². The van der Waals surface area contributed by atoms with E-state index in [4.69, 9.17) is 4.42 Å². The molecule has 0 N–H and O–H groups in total. The van der Waals surface area contributed by atoms with Gasteiger partial charge >= 0.3 is 6.43 Å². The second kappa shape index (κ2) is 11.4. The summed E-state index contributed by atoms with van der Waals surface area (Å²) in [6, 6.07) is 8.91. The zero-order valence-corrected chi connectivity index (χ0v) is 21.6. The minimum absolute atomic E-state index is 0.0535. The largest absolute Gasteiger partial charge is 0.415 e. The van der Waals surface area contributed by atoms with Gasteiger partial charge in [0.25, 0.3) is 11.8 Å². The van der Waals surface area contributed by atoms with Gasteiger partial charge in [-0.1, -0.05) is 13.0 Å². The van der Waals surface area contributed by atoms with Gasteiger partial charge in [-0.2, -0.15) is 8.78 Å². The summed E-state index contributed by atoms with van der Waals surface area (Å²) >= 11 is 0. The van der Waals surface area contributed by atoms with Gasteiger partial charge in [0, 0.05) is 56.9 Å². The molecular formula is C27H30F4N6O2. The van der Waals surface area contributed by atoms with E-state index < -0.39 is 29.7 Å². The Labute approximate surface area is 223 Å². The molecule has 0 saturated carbocycles. The van der Waals surface area contributed by atoms with Crippen LogP contribution in [0, 0.1) is 5.82 Å². The fourth-order valence-electron chi connectivity index (χ4n) is 5.14. The molecule has 0 atom stereocenters. The summed E-state index contributed by atoms with van der Waals surface area (Å²) in [5, 5.41) is 6.90. The van der Waals surface area contributed by atoms with Crippen LogP contribution in [0.5, 0.6) is 0 Å². The number of benzene rings is 1. The number of pyridine rings is 1. The molecule has 5 rings (SSSR count). The second-order valence-electron chi connectivity index (χ2n) is 10.1. The third-order valence-electron chi connectivity index (χ3n) is 7.35. The first kappa shape index (κ1) is 27.2. The molecule has 208 valence electrons. The molecule has 2 fully saturated rings. The number of piperidine rings is 1. The number of carbonyl (C=O) groups is 1. The van der Waals surface area contributed by atoms with E-state index in [1.165, 1.54) is 35.4 Å². The molecule has 39 heavy (non-hydrogen) atoms. The third-order valence-corrected chi connectivity index (χ3v) is 7.35. The van der Waals surface area contributed by atoms with Crippen molar-refractivity contribution < 1.29 is 26.8 Å². The Kier molecular flexibility index (Phi) is 7.94. The molecule has 0 unspecified atom stereocenters. The standard InChI is InChI=1S/C27H30F4N6O2/c1-2-10-35-16-22(17-35)36-11-8-27(31,9-12-36)26(38)37(21-5-3-4-19(28)13-21)15-20-7-6-18(14-32-20)24-33-34-25(39-24)23(29)30/h3-7,13-14,22-23H,2,8-12,15-17H2,1H3. The molecule has 0 aliphatic carbocycles. The SMILES string of the molecule is CCCN1CC(N2CCC(F)(C(=O)N(Cc3ccc(-c4nnc(C(F)F)o4)cn3)c3cccc(F)c3)CC2)C1. The highest BCUT2D eigenvalue weighted by atomic mass is 19.3. The van der Waals surface area contributed by atoms with E-state index in [-0.39, 0.29) is 31.0 Å². The molecule has 12 heteroatoms. The smallest absolute Gasteiger partial charge is 0.314 e. The monoisotopic (exact) mass is 546 g/mol. The van der Waals surface area contributed by atoms with Crippen molar-refractivity contribution in [1.29, 1.82) is 0 Å². The van der Waals surface area contributed by atoms with E-state index in [0.717, 1.165) is 26.1 Å². The van der Waals surface area contributed by atoms with Crippen molar-refractivity contribution >= 4 is 11.6 Å². The Balaban J connectivity index is 1.30. The molecule has 2 saturated heterocycles. The van der Waals surface area contributed by atoms with E-state index in [1.54, 1.807) is 12.1 Å². The van der Waals surface area contributed by atoms with E-state index >= 15 is 4.39 Å². The van der Waals surface area contributed by atoms with Gasteiger partial charge in [0.1, 0.15) is 5.82 Å². The highest BCUT2D eigenvalue weighted by molar-refractivity contribution is 5.99. The summed E-state index contributed by atoms with van der Waals surface area (Å²) in [7, 11) is 0. The number of amides is 1. The molecule has 2 aliphatic heterocycles. The van der Waals surface area contributed by atoms with Crippen molar-refractivity contribution in [2.75, 3.05) is 37.6 Å². The predicted octanol–water partition coefficient (Wildman–Crippen LogP) is 4.64. The van der Waals surface area contributed by atoms with Gasteiger partial charge in [-0.05, 0) is 43.3 Å². The van der Waals surface area contributed by atoms with Gasteiger partial charge in [-0.3, -0.25) is 14.7 Å². The number of halogens is 4. The van der Waals surface area contributed by atoms with Crippen LogP contribution in [0.3, 0.4) is 0 Å². The molecular weight excluding hydrogens is 516 g/mol. The molecule has 0 bridgehead atoms. The number of anilines is 1. The molecule has 0 radical (unpaired) electrons. The summed E-state index contributed by atoms with van der Waals surface area (Å²) in [5.41, 5.74) is -1.18. The van der Waals surface area contributed by atoms with Crippen LogP contribution in [0.25, 0.3) is 11.5 Å². The maximum atomic E-state index is 16.2. The third kappa shape index (κ3) is 5.96. The maximum Gasteiger partial charge on any atom is 0.314 e. The van der Waals surface area contributed by atoms with E-state index in [1.807, 2.05) is 0 Å². The Morgan fingerprint density at radius 2 is 1.95 bits per heavy atom. The number of alkyl halides is 3. The van der Waals surface area contributed by atoms with Gasteiger partial charge in [0.05, 0.1) is 17.8 Å². The average molecular weight is 547 g/mol. The van der Waals surface area contributed by atoms with Crippen molar-refractivity contribution in [2.24, 2.45) is 0 Å². The number of aromatic nitrogens is 3. The van der Waals surface area contributed by atoms with Crippen molar-refractivity contribution in [3.8, 4) is 11.5 Å². The van der Waals surface area contributed by atoms with Crippen molar-refractivity contribution in [3.05, 3.63) is 60.0 Å². The van der Waals surface area contributed by atoms with Crippen LogP contribution in [-0.4, -0.2) is 75.3 Å². The Hall–Kier alpha value is -3.38. The number of rotatable bonds is 9. The highest BCUT2D eigenvalue weighted by Crippen LogP contribution is 2.34.